The quantitative estimate of drug-likeness (QED) is 0.412. The Morgan fingerprint density at radius 2 is 1.94 bits per heavy atom. The van der Waals surface area contributed by atoms with Crippen LogP contribution in [-0.4, -0.2) is 72.7 Å². The van der Waals surface area contributed by atoms with Gasteiger partial charge in [0, 0.05) is 13.1 Å². The van der Waals surface area contributed by atoms with Crippen LogP contribution in [0, 0.1) is 0 Å². The van der Waals surface area contributed by atoms with E-state index < -0.39 is 30.0 Å². The molecule has 4 aromatic rings. The number of nitrogens with one attached hydrogen (secondary N) is 1. The summed E-state index contributed by atoms with van der Waals surface area (Å²) in [5.41, 5.74) is 3.41. The van der Waals surface area contributed by atoms with Crippen LogP contribution in [0.2, 0.25) is 0 Å². The van der Waals surface area contributed by atoms with E-state index in [0.29, 0.717) is 24.2 Å². The monoisotopic (exact) mass is 491 g/mol. The number of benzene rings is 2. The van der Waals surface area contributed by atoms with Crippen molar-refractivity contribution in [2.75, 3.05) is 20.1 Å². The highest BCUT2D eigenvalue weighted by atomic mass is 32.2. The average molecular weight is 492 g/mol. The lowest BCUT2D eigenvalue weighted by Crippen LogP contribution is -2.52. The number of nitrogens with two attached hydrogens (primary N) is 1. The van der Waals surface area contributed by atoms with Crippen molar-refractivity contribution in [2.24, 2.45) is 5.14 Å². The second-order valence-electron chi connectivity index (χ2n) is 7.52. The highest BCUT2D eigenvalue weighted by Crippen LogP contribution is 2.41. The number of hydrogen-bond donors (Lipinski definition) is 2. The number of nitrogens with zero attached hydrogens (tertiary/aromatic N) is 5. The smallest absolute Gasteiger partial charge is 0.240 e. The lowest BCUT2D eigenvalue weighted by atomic mass is 9.99. The van der Waals surface area contributed by atoms with E-state index in [1.54, 1.807) is 30.8 Å². The number of likely N-dealkylation sites (tertiary alicyclic amines) is 1. The Labute approximate surface area is 187 Å². The zero-order valence-corrected chi connectivity index (χ0v) is 19.1. The van der Waals surface area contributed by atoms with Crippen LogP contribution in [0.1, 0.15) is 0 Å². The number of thiazole rings is 1. The van der Waals surface area contributed by atoms with Crippen molar-refractivity contribution in [2.45, 2.75) is 15.0 Å². The molecule has 0 atom stereocenters. The molecule has 166 valence electrons. The van der Waals surface area contributed by atoms with E-state index >= 15 is 0 Å². The van der Waals surface area contributed by atoms with E-state index in [-0.39, 0.29) is 16.3 Å². The van der Waals surface area contributed by atoms with Crippen molar-refractivity contribution in [1.29, 1.82) is 0 Å². The summed E-state index contributed by atoms with van der Waals surface area (Å²) in [4.78, 5) is 5.23. The molecule has 0 bridgehead atoms. The van der Waals surface area contributed by atoms with Crippen LogP contribution in [0.3, 0.4) is 0 Å². The van der Waals surface area contributed by atoms with Gasteiger partial charge in [-0.2, -0.15) is 5.21 Å². The lowest BCUT2D eigenvalue weighted by Gasteiger charge is -2.35. The predicted molar refractivity (Wildman–Crippen MR) is 118 cm³/mol. The van der Waals surface area contributed by atoms with Gasteiger partial charge in [-0.15, -0.1) is 21.5 Å². The number of sulfone groups is 1. The maximum atomic E-state index is 13.3. The highest BCUT2D eigenvalue weighted by molar-refractivity contribution is 7.94. The summed E-state index contributed by atoms with van der Waals surface area (Å²) >= 11 is 1.47. The number of rotatable bonds is 5. The normalized spacial score (nSPS) is 15.8. The van der Waals surface area contributed by atoms with Gasteiger partial charge in [0.15, 0.2) is 9.84 Å². The Morgan fingerprint density at radius 1 is 1.16 bits per heavy atom. The molecule has 11 nitrogen and oxygen atoms in total. The molecule has 0 spiro atoms. The minimum absolute atomic E-state index is 0.0235. The van der Waals surface area contributed by atoms with Crippen molar-refractivity contribution >= 4 is 41.4 Å². The predicted octanol–water partition coefficient (Wildman–Crippen LogP) is 0.879. The molecule has 2 aromatic heterocycles. The first kappa shape index (κ1) is 21.1. The fourth-order valence-corrected chi connectivity index (χ4v) is 7.91. The summed E-state index contributed by atoms with van der Waals surface area (Å²) in [5, 5.41) is 18.5. The van der Waals surface area contributed by atoms with Crippen molar-refractivity contribution in [3.8, 4) is 22.5 Å². The average Bonchev–Trinajstić information content (AvgIpc) is 3.40. The molecular formula is C18H17N7O4S3. The van der Waals surface area contributed by atoms with E-state index in [0.717, 1.165) is 10.2 Å². The molecule has 0 unspecified atom stereocenters. The second-order valence-corrected chi connectivity index (χ2v) is 12.1. The van der Waals surface area contributed by atoms with Crippen LogP contribution in [0.4, 0.5) is 0 Å². The van der Waals surface area contributed by atoms with Crippen LogP contribution in [-0.2, 0) is 19.9 Å². The number of fused-ring (bicyclic) bond motifs is 1. The molecule has 32 heavy (non-hydrogen) atoms. The van der Waals surface area contributed by atoms with E-state index in [1.807, 2.05) is 11.0 Å². The van der Waals surface area contributed by atoms with Gasteiger partial charge in [0.05, 0.1) is 31.4 Å². The second kappa shape index (κ2) is 7.38. The highest BCUT2D eigenvalue weighted by Gasteiger charge is 2.40. The summed E-state index contributed by atoms with van der Waals surface area (Å²) < 4.78 is 53.1. The third-order valence-electron chi connectivity index (χ3n) is 5.39. The molecule has 0 saturated carbocycles. The third kappa shape index (κ3) is 3.40. The first-order chi connectivity index (χ1) is 15.2. The molecule has 5 rings (SSSR count). The van der Waals surface area contributed by atoms with Gasteiger partial charge in [-0.3, -0.25) is 0 Å². The largest absolute Gasteiger partial charge is 0.304 e. The molecule has 1 aliphatic rings. The summed E-state index contributed by atoms with van der Waals surface area (Å²) in [5.74, 6) is -0.0785. The zero-order chi connectivity index (χ0) is 22.7. The lowest BCUT2D eigenvalue weighted by molar-refractivity contribution is 0.231. The van der Waals surface area contributed by atoms with Crippen LogP contribution >= 0.6 is 11.3 Å². The minimum atomic E-state index is -4.49. The van der Waals surface area contributed by atoms with Crippen molar-refractivity contribution < 1.29 is 16.8 Å². The number of H-pyrrole nitrogens is 1. The summed E-state index contributed by atoms with van der Waals surface area (Å²) in [6.07, 6.45) is 0. The van der Waals surface area contributed by atoms with Gasteiger partial charge in [-0.25, -0.2) is 27.0 Å². The molecule has 3 heterocycles. The van der Waals surface area contributed by atoms with Crippen molar-refractivity contribution in [1.82, 2.24) is 30.5 Å². The first-order valence-electron chi connectivity index (χ1n) is 9.36. The first-order valence-corrected chi connectivity index (χ1v) is 13.3. The van der Waals surface area contributed by atoms with Gasteiger partial charge in [0.1, 0.15) is 4.90 Å². The van der Waals surface area contributed by atoms with Gasteiger partial charge in [-0.05, 0) is 41.6 Å². The van der Waals surface area contributed by atoms with Crippen LogP contribution in [0.5, 0.6) is 0 Å². The standard InChI is InChI=1S/C18H17N7O4S3/c1-25-7-11(8-25)31(26,27)15-5-3-12(10-2-4-14-13(6-10)20-9-30-14)16(17(15)32(19,28)29)18-21-23-24-22-18/h2-6,9,11H,7-8H2,1H3,(H2,19,28,29)(H,21,22,23,24). The van der Waals surface area contributed by atoms with E-state index in [2.05, 4.69) is 25.6 Å². The Hall–Kier alpha value is -2.78. The van der Waals surface area contributed by atoms with Crippen molar-refractivity contribution in [3.63, 3.8) is 0 Å². The molecule has 2 aromatic carbocycles. The van der Waals surface area contributed by atoms with Crippen LogP contribution in [0.25, 0.3) is 32.7 Å². The molecule has 0 radical (unpaired) electrons. The van der Waals surface area contributed by atoms with Crippen LogP contribution < -0.4 is 5.14 Å². The molecule has 3 N–H and O–H groups in total. The van der Waals surface area contributed by atoms with Gasteiger partial charge in [0.25, 0.3) is 0 Å². The van der Waals surface area contributed by atoms with Gasteiger partial charge in [0.2, 0.25) is 15.8 Å². The third-order valence-corrected chi connectivity index (χ3v) is 9.45. The van der Waals surface area contributed by atoms with Gasteiger partial charge >= 0.3 is 0 Å². The molecule has 14 heteroatoms. The summed E-state index contributed by atoms with van der Waals surface area (Å²) in [6.45, 7) is 0.596. The van der Waals surface area contributed by atoms with E-state index in [4.69, 9.17) is 5.14 Å². The number of aromatic amines is 1. The topological polar surface area (TPSA) is 165 Å². The number of hydrogen-bond acceptors (Lipinski definition) is 10. The Morgan fingerprint density at radius 3 is 2.59 bits per heavy atom. The Kier molecular flexibility index (Phi) is 4.86. The molecule has 0 amide bonds. The van der Waals surface area contributed by atoms with E-state index in [1.165, 1.54) is 17.4 Å². The summed E-state index contributed by atoms with van der Waals surface area (Å²) in [6, 6.07) is 8.27. The Bertz CT molecular complexity index is 1540. The maximum Gasteiger partial charge on any atom is 0.240 e. The fourth-order valence-electron chi connectivity index (χ4n) is 3.84. The molecule has 0 aliphatic carbocycles. The van der Waals surface area contributed by atoms with Crippen molar-refractivity contribution in [3.05, 3.63) is 35.8 Å². The number of primary sulfonamides is 1. The minimum Gasteiger partial charge on any atom is -0.304 e. The Balaban J connectivity index is 1.83. The number of sulfonamides is 1. The molecular weight excluding hydrogens is 474 g/mol. The van der Waals surface area contributed by atoms with E-state index in [9.17, 15) is 16.8 Å². The van der Waals surface area contributed by atoms with Gasteiger partial charge < -0.3 is 4.90 Å². The fraction of sp³-hybridized carbons (Fsp3) is 0.222. The van der Waals surface area contributed by atoms with Gasteiger partial charge in [-0.1, -0.05) is 12.1 Å². The molecule has 1 fully saturated rings. The zero-order valence-electron chi connectivity index (χ0n) is 16.6. The maximum absolute atomic E-state index is 13.3. The molecule has 1 aliphatic heterocycles. The molecule has 1 saturated heterocycles. The summed E-state index contributed by atoms with van der Waals surface area (Å²) in [7, 11) is -6.69. The SMILES string of the molecule is CN1CC(S(=O)(=O)c2ccc(-c3ccc4scnc4c3)c(-c3nn[nH]n3)c2S(N)(=O)=O)C1. The number of aromatic nitrogens is 5. The number of tetrazole rings is 1. The van der Waals surface area contributed by atoms with Crippen LogP contribution in [0.15, 0.2) is 45.6 Å².